The quantitative estimate of drug-likeness (QED) is 0.795. The van der Waals surface area contributed by atoms with E-state index in [0.717, 1.165) is 36.6 Å². The van der Waals surface area contributed by atoms with Gasteiger partial charge in [-0.05, 0) is 38.5 Å². The number of nitrogens with one attached hydrogen (secondary N) is 1. The molecule has 0 aliphatic carbocycles. The van der Waals surface area contributed by atoms with Crippen LogP contribution in [-0.4, -0.2) is 65.8 Å². The van der Waals surface area contributed by atoms with Gasteiger partial charge in [-0.3, -0.25) is 14.5 Å². The number of piperazine rings is 1. The molecule has 0 bridgehead atoms. The van der Waals surface area contributed by atoms with E-state index >= 15 is 0 Å². The zero-order chi connectivity index (χ0) is 19.4. The highest BCUT2D eigenvalue weighted by atomic mass is 16.5. The molecule has 27 heavy (non-hydrogen) atoms. The van der Waals surface area contributed by atoms with Gasteiger partial charge in [-0.2, -0.15) is 0 Å². The molecular weight excluding hydrogens is 342 g/mol. The Bertz CT molecular complexity index is 806. The van der Waals surface area contributed by atoms with Crippen LogP contribution < -0.4 is 4.74 Å². The first-order chi connectivity index (χ1) is 13.0. The molecule has 1 saturated heterocycles. The molecule has 1 N–H and O–H groups in total. The van der Waals surface area contributed by atoms with Crippen LogP contribution >= 0.6 is 0 Å². The van der Waals surface area contributed by atoms with E-state index in [-0.39, 0.29) is 11.7 Å². The van der Waals surface area contributed by atoms with Crippen LogP contribution in [0.4, 0.5) is 0 Å². The zero-order valence-corrected chi connectivity index (χ0v) is 16.2. The molecular formula is C21H27N3O3. The number of hydrogen-bond acceptors (Lipinski definition) is 4. The average molecular weight is 369 g/mol. The third kappa shape index (κ3) is 4.39. The molecule has 1 aromatic heterocycles. The minimum absolute atomic E-state index is 0.0106. The van der Waals surface area contributed by atoms with Crippen LogP contribution in [0.15, 0.2) is 30.3 Å². The van der Waals surface area contributed by atoms with Crippen molar-refractivity contribution >= 4 is 11.7 Å². The summed E-state index contributed by atoms with van der Waals surface area (Å²) in [5.74, 6) is 0.844. The largest absolute Gasteiger partial charge is 0.492 e. The zero-order valence-electron chi connectivity index (χ0n) is 16.2. The Morgan fingerprint density at radius 3 is 2.33 bits per heavy atom. The Labute approximate surface area is 160 Å². The third-order valence-corrected chi connectivity index (χ3v) is 5.08. The van der Waals surface area contributed by atoms with E-state index in [1.54, 1.807) is 0 Å². The van der Waals surface area contributed by atoms with Crippen molar-refractivity contribution in [3.8, 4) is 5.75 Å². The molecule has 6 heteroatoms. The van der Waals surface area contributed by atoms with Gasteiger partial charge in [-0.1, -0.05) is 18.2 Å². The fourth-order valence-electron chi connectivity index (χ4n) is 3.63. The summed E-state index contributed by atoms with van der Waals surface area (Å²) in [6.45, 7) is 9.68. The van der Waals surface area contributed by atoms with Crippen LogP contribution in [0.1, 0.15) is 39.0 Å². The number of benzene rings is 1. The molecule has 1 aromatic carbocycles. The van der Waals surface area contributed by atoms with Gasteiger partial charge >= 0.3 is 0 Å². The number of carbonyl (C=O) groups excluding carboxylic acids is 2. The average Bonchev–Trinajstić information content (AvgIpc) is 2.97. The SMILES string of the molecule is CC(=O)c1c(C)[nH]c(C(=O)N2CCN(CCOc3ccccc3)CC2)c1C. The van der Waals surface area contributed by atoms with E-state index in [0.29, 0.717) is 31.0 Å². The number of aryl methyl sites for hydroxylation is 1. The second kappa shape index (κ2) is 8.39. The van der Waals surface area contributed by atoms with Gasteiger partial charge in [-0.15, -0.1) is 0 Å². The molecule has 2 heterocycles. The van der Waals surface area contributed by atoms with Crippen LogP contribution in [0.3, 0.4) is 0 Å². The number of rotatable bonds is 6. The number of nitrogens with zero attached hydrogens (tertiary/aromatic N) is 2. The van der Waals surface area contributed by atoms with E-state index in [2.05, 4.69) is 9.88 Å². The van der Waals surface area contributed by atoms with E-state index in [9.17, 15) is 9.59 Å². The molecule has 3 rings (SSSR count). The van der Waals surface area contributed by atoms with Crippen molar-refractivity contribution < 1.29 is 14.3 Å². The monoisotopic (exact) mass is 369 g/mol. The lowest BCUT2D eigenvalue weighted by atomic mass is 10.1. The minimum Gasteiger partial charge on any atom is -0.492 e. The Hall–Kier alpha value is -2.60. The second-order valence-corrected chi connectivity index (χ2v) is 6.98. The topological polar surface area (TPSA) is 65.6 Å². The predicted octanol–water partition coefficient (Wildman–Crippen LogP) is 2.67. The summed E-state index contributed by atoms with van der Waals surface area (Å²) in [6, 6.07) is 9.79. The molecule has 0 radical (unpaired) electrons. The predicted molar refractivity (Wildman–Crippen MR) is 105 cm³/mol. The first-order valence-electron chi connectivity index (χ1n) is 9.37. The molecule has 2 aromatic rings. The molecule has 144 valence electrons. The molecule has 1 aliphatic heterocycles. The second-order valence-electron chi connectivity index (χ2n) is 6.98. The van der Waals surface area contributed by atoms with Crippen LogP contribution in [-0.2, 0) is 0 Å². The van der Waals surface area contributed by atoms with Crippen molar-refractivity contribution in [3.05, 3.63) is 52.8 Å². The number of hydrogen-bond donors (Lipinski definition) is 1. The molecule has 0 spiro atoms. The highest BCUT2D eigenvalue weighted by Crippen LogP contribution is 2.20. The van der Waals surface area contributed by atoms with Crippen LogP contribution in [0.2, 0.25) is 0 Å². The number of carbonyl (C=O) groups is 2. The van der Waals surface area contributed by atoms with Crippen molar-refractivity contribution in [3.63, 3.8) is 0 Å². The molecule has 1 fully saturated rings. The summed E-state index contributed by atoms with van der Waals surface area (Å²) in [4.78, 5) is 31.9. The van der Waals surface area contributed by atoms with E-state index in [1.165, 1.54) is 6.92 Å². The summed E-state index contributed by atoms with van der Waals surface area (Å²) < 4.78 is 5.75. The molecule has 1 amide bonds. The Balaban J connectivity index is 1.51. The van der Waals surface area contributed by atoms with E-state index in [4.69, 9.17) is 4.74 Å². The summed E-state index contributed by atoms with van der Waals surface area (Å²) in [7, 11) is 0. The van der Waals surface area contributed by atoms with E-state index in [1.807, 2.05) is 49.1 Å². The lowest BCUT2D eigenvalue weighted by Crippen LogP contribution is -2.49. The normalized spacial score (nSPS) is 15.0. The lowest BCUT2D eigenvalue weighted by molar-refractivity contribution is 0.0614. The maximum absolute atomic E-state index is 12.9. The number of aromatic amines is 1. The van der Waals surface area contributed by atoms with Crippen LogP contribution in [0, 0.1) is 13.8 Å². The fraction of sp³-hybridized carbons (Fsp3) is 0.429. The first-order valence-corrected chi connectivity index (χ1v) is 9.37. The van der Waals surface area contributed by atoms with Gasteiger partial charge in [0.2, 0.25) is 0 Å². The van der Waals surface area contributed by atoms with Gasteiger partial charge < -0.3 is 14.6 Å². The van der Waals surface area contributed by atoms with Crippen molar-refractivity contribution in [1.82, 2.24) is 14.8 Å². The van der Waals surface area contributed by atoms with Crippen molar-refractivity contribution in [2.24, 2.45) is 0 Å². The Morgan fingerprint density at radius 1 is 1.07 bits per heavy atom. The summed E-state index contributed by atoms with van der Waals surface area (Å²) >= 11 is 0. The van der Waals surface area contributed by atoms with Crippen molar-refractivity contribution in [2.45, 2.75) is 20.8 Å². The van der Waals surface area contributed by atoms with Gasteiger partial charge in [-0.25, -0.2) is 0 Å². The maximum Gasteiger partial charge on any atom is 0.270 e. The van der Waals surface area contributed by atoms with Gasteiger partial charge in [0.1, 0.15) is 18.1 Å². The number of Topliss-reactive ketones (excluding diaryl/α,β-unsaturated/α-hetero) is 1. The standard InChI is InChI=1S/C21H27N3O3/c1-15-19(17(3)25)16(2)22-20(15)21(26)24-11-9-23(10-12-24)13-14-27-18-7-5-4-6-8-18/h4-8,22H,9-14H2,1-3H3. The Morgan fingerprint density at radius 2 is 1.74 bits per heavy atom. The van der Waals surface area contributed by atoms with E-state index < -0.39 is 0 Å². The summed E-state index contributed by atoms with van der Waals surface area (Å²) in [6.07, 6.45) is 0. The van der Waals surface area contributed by atoms with Gasteiger partial charge in [0.05, 0.1) is 0 Å². The molecule has 1 aliphatic rings. The fourth-order valence-corrected chi connectivity index (χ4v) is 3.63. The lowest BCUT2D eigenvalue weighted by Gasteiger charge is -2.34. The number of H-pyrrole nitrogens is 1. The first kappa shape index (κ1) is 19.2. The summed E-state index contributed by atoms with van der Waals surface area (Å²) in [5, 5.41) is 0. The highest BCUT2D eigenvalue weighted by molar-refractivity contribution is 6.02. The minimum atomic E-state index is -0.0247. The molecule has 6 nitrogen and oxygen atoms in total. The summed E-state index contributed by atoms with van der Waals surface area (Å²) in [5.41, 5.74) is 2.69. The van der Waals surface area contributed by atoms with Gasteiger partial charge in [0.25, 0.3) is 5.91 Å². The van der Waals surface area contributed by atoms with Crippen molar-refractivity contribution in [1.29, 1.82) is 0 Å². The molecule has 0 saturated carbocycles. The third-order valence-electron chi connectivity index (χ3n) is 5.08. The molecule has 0 atom stereocenters. The van der Waals surface area contributed by atoms with Crippen LogP contribution in [0.5, 0.6) is 5.75 Å². The highest BCUT2D eigenvalue weighted by Gasteiger charge is 2.26. The molecule has 0 unspecified atom stereocenters. The van der Waals surface area contributed by atoms with Crippen molar-refractivity contribution in [2.75, 3.05) is 39.3 Å². The number of ether oxygens (including phenoxy) is 1. The smallest absolute Gasteiger partial charge is 0.270 e. The van der Waals surface area contributed by atoms with Gasteiger partial charge in [0.15, 0.2) is 5.78 Å². The van der Waals surface area contributed by atoms with Crippen LogP contribution in [0.25, 0.3) is 0 Å². The maximum atomic E-state index is 12.9. The number of ketones is 1. The van der Waals surface area contributed by atoms with Gasteiger partial charge in [0, 0.05) is 44.0 Å². The number of para-hydroxylation sites is 1. The number of amides is 1. The number of aromatic nitrogens is 1. The Kier molecular flexibility index (Phi) is 5.96.